The summed E-state index contributed by atoms with van der Waals surface area (Å²) in [6.07, 6.45) is -0.432. The third-order valence-corrected chi connectivity index (χ3v) is 2.74. The standard InChI is InChI=1S/C12H14N2O4/c1-12(2)8-13(11(15)18-12)7-9-5-3-4-6-10(9)14(16)17/h3-6H,7-8H2,1-2H3. The van der Waals surface area contributed by atoms with Crippen molar-refractivity contribution < 1.29 is 14.5 Å². The van der Waals surface area contributed by atoms with Crippen LogP contribution >= 0.6 is 0 Å². The number of ether oxygens (including phenoxy) is 1. The molecule has 1 aliphatic rings. The van der Waals surface area contributed by atoms with Gasteiger partial charge in [-0.1, -0.05) is 18.2 Å². The predicted molar refractivity (Wildman–Crippen MR) is 64.1 cm³/mol. The lowest BCUT2D eigenvalue weighted by atomic mass is 10.1. The van der Waals surface area contributed by atoms with E-state index in [0.717, 1.165) is 0 Å². The Hall–Kier alpha value is -2.11. The molecule has 1 aromatic rings. The molecule has 0 aromatic heterocycles. The summed E-state index contributed by atoms with van der Waals surface area (Å²) in [5, 5.41) is 10.9. The molecule has 18 heavy (non-hydrogen) atoms. The summed E-state index contributed by atoms with van der Waals surface area (Å²) in [6.45, 7) is 4.24. The van der Waals surface area contributed by atoms with Gasteiger partial charge in [-0.3, -0.25) is 15.0 Å². The second-order valence-electron chi connectivity index (χ2n) is 4.87. The van der Waals surface area contributed by atoms with Crippen LogP contribution in [0.15, 0.2) is 24.3 Å². The topological polar surface area (TPSA) is 72.7 Å². The lowest BCUT2D eigenvalue weighted by molar-refractivity contribution is -0.385. The quantitative estimate of drug-likeness (QED) is 0.609. The minimum Gasteiger partial charge on any atom is -0.441 e. The van der Waals surface area contributed by atoms with Gasteiger partial charge in [-0.05, 0) is 13.8 Å². The molecule has 1 heterocycles. The Morgan fingerprint density at radius 3 is 2.67 bits per heavy atom. The first-order valence-electron chi connectivity index (χ1n) is 5.59. The Morgan fingerprint density at radius 1 is 1.44 bits per heavy atom. The first kappa shape index (κ1) is 12.3. The van der Waals surface area contributed by atoms with Crippen molar-refractivity contribution in [2.75, 3.05) is 6.54 Å². The summed E-state index contributed by atoms with van der Waals surface area (Å²) in [6, 6.07) is 6.40. The molecular formula is C12H14N2O4. The third kappa shape index (κ3) is 2.42. The number of nitro benzene ring substituents is 1. The number of rotatable bonds is 3. The van der Waals surface area contributed by atoms with Gasteiger partial charge in [0.15, 0.2) is 0 Å². The molecule has 0 unspecified atom stereocenters. The maximum absolute atomic E-state index is 11.6. The Labute approximate surface area is 104 Å². The normalized spacial score (nSPS) is 17.7. The lowest BCUT2D eigenvalue weighted by Gasteiger charge is -2.15. The van der Waals surface area contributed by atoms with E-state index in [1.54, 1.807) is 18.2 Å². The van der Waals surface area contributed by atoms with Crippen molar-refractivity contribution in [1.29, 1.82) is 0 Å². The van der Waals surface area contributed by atoms with E-state index in [1.807, 2.05) is 13.8 Å². The van der Waals surface area contributed by atoms with Crippen molar-refractivity contribution in [1.82, 2.24) is 4.90 Å². The third-order valence-electron chi connectivity index (χ3n) is 2.74. The summed E-state index contributed by atoms with van der Waals surface area (Å²) in [5.74, 6) is 0. The number of nitrogens with zero attached hydrogens (tertiary/aromatic N) is 2. The largest absolute Gasteiger partial charge is 0.441 e. The molecule has 0 saturated carbocycles. The SMILES string of the molecule is CC1(C)CN(Cc2ccccc2[N+](=O)[O-])C(=O)O1. The highest BCUT2D eigenvalue weighted by Crippen LogP contribution is 2.26. The van der Waals surface area contributed by atoms with Crippen molar-refractivity contribution in [3.05, 3.63) is 39.9 Å². The summed E-state index contributed by atoms with van der Waals surface area (Å²) >= 11 is 0. The van der Waals surface area contributed by atoms with Gasteiger partial charge in [0.1, 0.15) is 5.60 Å². The smallest absolute Gasteiger partial charge is 0.410 e. The van der Waals surface area contributed by atoms with Crippen molar-refractivity contribution in [3.63, 3.8) is 0 Å². The Morgan fingerprint density at radius 2 is 2.11 bits per heavy atom. The fourth-order valence-electron chi connectivity index (χ4n) is 2.01. The van der Waals surface area contributed by atoms with Crippen LogP contribution in [0.4, 0.5) is 10.5 Å². The average Bonchev–Trinajstić information content (AvgIpc) is 2.52. The van der Waals surface area contributed by atoms with Gasteiger partial charge in [0.05, 0.1) is 18.0 Å². The molecule has 1 aromatic carbocycles. The van der Waals surface area contributed by atoms with E-state index in [4.69, 9.17) is 4.74 Å². The van der Waals surface area contributed by atoms with Gasteiger partial charge in [0.25, 0.3) is 5.69 Å². The lowest BCUT2D eigenvalue weighted by Crippen LogP contribution is -2.28. The summed E-state index contributed by atoms with van der Waals surface area (Å²) in [5.41, 5.74) is -0.00662. The first-order valence-corrected chi connectivity index (χ1v) is 5.59. The monoisotopic (exact) mass is 250 g/mol. The summed E-state index contributed by atoms with van der Waals surface area (Å²) in [4.78, 5) is 23.5. The van der Waals surface area contributed by atoms with Gasteiger partial charge >= 0.3 is 6.09 Å². The zero-order valence-corrected chi connectivity index (χ0v) is 10.3. The minimum absolute atomic E-state index is 0.0232. The van der Waals surface area contributed by atoms with E-state index in [9.17, 15) is 14.9 Å². The molecular weight excluding hydrogens is 236 g/mol. The van der Waals surface area contributed by atoms with Crippen molar-refractivity contribution in [3.8, 4) is 0 Å². The number of hydrogen-bond donors (Lipinski definition) is 0. The molecule has 1 amide bonds. The number of carbonyl (C=O) groups excluding carboxylic acids is 1. The molecule has 0 aliphatic carbocycles. The zero-order valence-electron chi connectivity index (χ0n) is 10.3. The molecule has 0 spiro atoms. The van der Waals surface area contributed by atoms with Gasteiger partial charge in [-0.15, -0.1) is 0 Å². The molecule has 1 aliphatic heterocycles. The van der Waals surface area contributed by atoms with E-state index in [1.165, 1.54) is 11.0 Å². The molecule has 0 bridgehead atoms. The highest BCUT2D eigenvalue weighted by Gasteiger charge is 2.37. The predicted octanol–water partition coefficient (Wildman–Crippen LogP) is 2.33. The second kappa shape index (κ2) is 4.29. The maximum atomic E-state index is 11.6. The van der Waals surface area contributed by atoms with Crippen LogP contribution < -0.4 is 0 Å². The molecule has 1 saturated heterocycles. The molecule has 6 heteroatoms. The van der Waals surface area contributed by atoms with E-state index in [-0.39, 0.29) is 12.2 Å². The van der Waals surface area contributed by atoms with Crippen molar-refractivity contribution in [2.45, 2.75) is 26.0 Å². The van der Waals surface area contributed by atoms with Gasteiger partial charge in [0.2, 0.25) is 0 Å². The van der Waals surface area contributed by atoms with E-state index in [2.05, 4.69) is 0 Å². The van der Waals surface area contributed by atoms with Crippen LogP contribution in [-0.2, 0) is 11.3 Å². The van der Waals surface area contributed by atoms with Crippen LogP contribution in [-0.4, -0.2) is 28.1 Å². The number of nitro groups is 1. The highest BCUT2D eigenvalue weighted by atomic mass is 16.6. The zero-order chi connectivity index (χ0) is 13.3. The second-order valence-corrected chi connectivity index (χ2v) is 4.87. The Kier molecular flexibility index (Phi) is 2.94. The van der Waals surface area contributed by atoms with Crippen LogP contribution in [0.2, 0.25) is 0 Å². The van der Waals surface area contributed by atoms with Crippen LogP contribution in [0.1, 0.15) is 19.4 Å². The maximum Gasteiger partial charge on any atom is 0.410 e. The van der Waals surface area contributed by atoms with E-state index >= 15 is 0 Å². The number of para-hydroxylation sites is 1. The van der Waals surface area contributed by atoms with Crippen LogP contribution in [0.3, 0.4) is 0 Å². The Bertz CT molecular complexity index is 499. The number of benzene rings is 1. The fraction of sp³-hybridized carbons (Fsp3) is 0.417. The van der Waals surface area contributed by atoms with Crippen LogP contribution in [0, 0.1) is 10.1 Å². The summed E-state index contributed by atoms with van der Waals surface area (Å²) in [7, 11) is 0. The molecule has 0 N–H and O–H groups in total. The molecule has 1 fully saturated rings. The molecule has 96 valence electrons. The fourth-order valence-corrected chi connectivity index (χ4v) is 2.01. The van der Waals surface area contributed by atoms with Gasteiger partial charge < -0.3 is 4.74 Å². The number of hydrogen-bond acceptors (Lipinski definition) is 4. The van der Waals surface area contributed by atoms with E-state index < -0.39 is 16.6 Å². The number of carbonyl (C=O) groups is 1. The van der Waals surface area contributed by atoms with Crippen LogP contribution in [0.5, 0.6) is 0 Å². The molecule has 0 atom stereocenters. The van der Waals surface area contributed by atoms with Crippen LogP contribution in [0.25, 0.3) is 0 Å². The minimum atomic E-state index is -0.541. The highest BCUT2D eigenvalue weighted by molar-refractivity contribution is 5.70. The number of amides is 1. The van der Waals surface area contributed by atoms with Crippen molar-refractivity contribution >= 4 is 11.8 Å². The molecule has 0 radical (unpaired) electrons. The van der Waals surface area contributed by atoms with Crippen molar-refractivity contribution in [2.24, 2.45) is 0 Å². The first-order chi connectivity index (χ1) is 8.39. The molecule has 2 rings (SSSR count). The number of cyclic esters (lactones) is 1. The van der Waals surface area contributed by atoms with Gasteiger partial charge in [-0.25, -0.2) is 4.79 Å². The van der Waals surface area contributed by atoms with Gasteiger partial charge in [0, 0.05) is 11.6 Å². The summed E-state index contributed by atoms with van der Waals surface area (Å²) < 4.78 is 5.15. The molecule has 6 nitrogen and oxygen atoms in total. The van der Waals surface area contributed by atoms with Gasteiger partial charge in [-0.2, -0.15) is 0 Å². The Balaban J connectivity index is 2.20. The average molecular weight is 250 g/mol. The van der Waals surface area contributed by atoms with E-state index in [0.29, 0.717) is 12.1 Å².